The topological polar surface area (TPSA) is 24.9 Å². The number of benzene rings is 1. The smallest absolute Gasteiger partial charge is 0.112 e. The lowest BCUT2D eigenvalue weighted by Crippen LogP contribution is -1.99. The van der Waals surface area contributed by atoms with Crippen molar-refractivity contribution in [2.75, 3.05) is 5.32 Å². The normalized spacial score (nSPS) is 10.4. The summed E-state index contributed by atoms with van der Waals surface area (Å²) in [6.07, 6.45) is 1.08. The van der Waals surface area contributed by atoms with Gasteiger partial charge in [-0.3, -0.25) is 0 Å². The van der Waals surface area contributed by atoms with Crippen LogP contribution in [0.4, 0.5) is 5.69 Å². The maximum atomic E-state index is 4.42. The van der Waals surface area contributed by atoms with Gasteiger partial charge >= 0.3 is 0 Å². The molecule has 1 aromatic carbocycles. The zero-order chi connectivity index (χ0) is 11.4. The first-order chi connectivity index (χ1) is 7.78. The summed E-state index contributed by atoms with van der Waals surface area (Å²) >= 11 is 1.71. The van der Waals surface area contributed by atoms with E-state index < -0.39 is 0 Å². The number of aromatic nitrogens is 1. The molecule has 0 bridgehead atoms. The number of aryl methyl sites for hydroxylation is 2. The van der Waals surface area contributed by atoms with Crippen molar-refractivity contribution in [1.82, 2.24) is 4.98 Å². The predicted molar refractivity (Wildman–Crippen MR) is 70.0 cm³/mol. The van der Waals surface area contributed by atoms with Gasteiger partial charge in [-0.05, 0) is 31.0 Å². The minimum Gasteiger partial charge on any atom is -0.379 e. The maximum Gasteiger partial charge on any atom is 0.112 e. The van der Waals surface area contributed by atoms with Crippen molar-refractivity contribution in [2.24, 2.45) is 0 Å². The minimum absolute atomic E-state index is 0.811. The Bertz CT molecular complexity index is 462. The summed E-state index contributed by atoms with van der Waals surface area (Å²) in [7, 11) is 0. The first-order valence-electron chi connectivity index (χ1n) is 5.51. The van der Waals surface area contributed by atoms with Crippen LogP contribution < -0.4 is 5.32 Å². The first-order valence-corrected chi connectivity index (χ1v) is 6.39. The van der Waals surface area contributed by atoms with E-state index >= 15 is 0 Å². The minimum atomic E-state index is 0.811. The highest BCUT2D eigenvalue weighted by Crippen LogP contribution is 2.14. The van der Waals surface area contributed by atoms with Crippen LogP contribution in [0.15, 0.2) is 29.6 Å². The van der Waals surface area contributed by atoms with Crippen LogP contribution >= 0.6 is 11.3 Å². The van der Waals surface area contributed by atoms with Gasteiger partial charge in [0.1, 0.15) is 5.01 Å². The van der Waals surface area contributed by atoms with Crippen molar-refractivity contribution in [3.8, 4) is 0 Å². The second-order valence-electron chi connectivity index (χ2n) is 3.79. The Morgan fingerprint density at radius 3 is 2.94 bits per heavy atom. The summed E-state index contributed by atoms with van der Waals surface area (Å²) < 4.78 is 0. The molecule has 3 heteroatoms. The van der Waals surface area contributed by atoms with Crippen LogP contribution in [0.2, 0.25) is 0 Å². The van der Waals surface area contributed by atoms with Crippen LogP contribution in [0.3, 0.4) is 0 Å². The molecular weight excluding hydrogens is 216 g/mol. The fourth-order valence-corrected chi connectivity index (χ4v) is 2.27. The van der Waals surface area contributed by atoms with Crippen LogP contribution in [0.5, 0.6) is 0 Å². The Kier molecular flexibility index (Phi) is 3.57. The highest BCUT2D eigenvalue weighted by atomic mass is 32.1. The summed E-state index contributed by atoms with van der Waals surface area (Å²) in [6.45, 7) is 5.01. The standard InChI is InChI=1S/C13H16N2S/c1-3-11-5-4-6-12(7-11)14-8-13-15-10(2)9-16-13/h4-7,9,14H,3,8H2,1-2H3. The molecule has 0 amide bonds. The monoisotopic (exact) mass is 232 g/mol. The zero-order valence-electron chi connectivity index (χ0n) is 9.66. The fourth-order valence-electron chi connectivity index (χ4n) is 1.56. The molecule has 0 unspecified atom stereocenters. The summed E-state index contributed by atoms with van der Waals surface area (Å²) in [4.78, 5) is 4.42. The van der Waals surface area contributed by atoms with Crippen molar-refractivity contribution < 1.29 is 0 Å². The van der Waals surface area contributed by atoms with E-state index in [9.17, 15) is 0 Å². The number of thiazole rings is 1. The maximum absolute atomic E-state index is 4.42. The third kappa shape index (κ3) is 2.83. The molecule has 1 heterocycles. The van der Waals surface area contributed by atoms with E-state index in [-0.39, 0.29) is 0 Å². The molecule has 2 aromatic rings. The van der Waals surface area contributed by atoms with Crippen molar-refractivity contribution in [1.29, 1.82) is 0 Å². The molecule has 0 spiro atoms. The first kappa shape index (κ1) is 11.1. The van der Waals surface area contributed by atoms with E-state index in [0.29, 0.717) is 0 Å². The Hall–Kier alpha value is -1.35. The van der Waals surface area contributed by atoms with Crippen molar-refractivity contribution >= 4 is 17.0 Å². The molecule has 0 aliphatic heterocycles. The Balaban J connectivity index is 1.99. The summed E-state index contributed by atoms with van der Waals surface area (Å²) in [6, 6.07) is 8.53. The van der Waals surface area contributed by atoms with E-state index in [2.05, 4.69) is 46.9 Å². The quantitative estimate of drug-likeness (QED) is 0.870. The summed E-state index contributed by atoms with van der Waals surface area (Å²) in [5.41, 5.74) is 3.64. The van der Waals surface area contributed by atoms with Gasteiger partial charge in [0.15, 0.2) is 0 Å². The van der Waals surface area contributed by atoms with E-state index in [0.717, 1.165) is 23.7 Å². The average Bonchev–Trinajstić information content (AvgIpc) is 2.73. The lowest BCUT2D eigenvalue weighted by atomic mass is 10.1. The second-order valence-corrected chi connectivity index (χ2v) is 4.73. The van der Waals surface area contributed by atoms with Gasteiger partial charge in [0.05, 0.1) is 6.54 Å². The van der Waals surface area contributed by atoms with Crippen LogP contribution in [-0.2, 0) is 13.0 Å². The SMILES string of the molecule is CCc1cccc(NCc2nc(C)cs2)c1. The van der Waals surface area contributed by atoms with Crippen molar-refractivity contribution in [3.63, 3.8) is 0 Å². The molecule has 0 fully saturated rings. The number of hydrogen-bond donors (Lipinski definition) is 1. The highest BCUT2D eigenvalue weighted by molar-refractivity contribution is 7.09. The van der Waals surface area contributed by atoms with Crippen molar-refractivity contribution in [3.05, 3.63) is 45.9 Å². The molecule has 0 saturated heterocycles. The molecule has 0 saturated carbocycles. The molecule has 1 N–H and O–H groups in total. The van der Waals surface area contributed by atoms with Crippen LogP contribution in [0.25, 0.3) is 0 Å². The molecule has 0 aliphatic rings. The van der Waals surface area contributed by atoms with Crippen LogP contribution in [0.1, 0.15) is 23.2 Å². The molecule has 16 heavy (non-hydrogen) atoms. The Morgan fingerprint density at radius 2 is 2.25 bits per heavy atom. The number of nitrogens with zero attached hydrogens (tertiary/aromatic N) is 1. The zero-order valence-corrected chi connectivity index (χ0v) is 10.5. The molecule has 2 rings (SSSR count). The molecular formula is C13H16N2S. The molecule has 1 aromatic heterocycles. The van der Waals surface area contributed by atoms with Gasteiger partial charge in [-0.1, -0.05) is 19.1 Å². The fraction of sp³-hybridized carbons (Fsp3) is 0.308. The molecule has 0 atom stereocenters. The molecule has 84 valence electrons. The molecule has 2 nitrogen and oxygen atoms in total. The van der Waals surface area contributed by atoms with Gasteiger partial charge < -0.3 is 5.32 Å². The van der Waals surface area contributed by atoms with Crippen LogP contribution in [-0.4, -0.2) is 4.98 Å². The predicted octanol–water partition coefficient (Wildman–Crippen LogP) is 3.63. The summed E-state index contributed by atoms with van der Waals surface area (Å²) in [5.74, 6) is 0. The largest absolute Gasteiger partial charge is 0.379 e. The van der Waals surface area contributed by atoms with Gasteiger partial charge in [-0.15, -0.1) is 11.3 Å². The van der Waals surface area contributed by atoms with Gasteiger partial charge in [-0.25, -0.2) is 4.98 Å². The Labute approximate surface area is 100 Å². The summed E-state index contributed by atoms with van der Waals surface area (Å²) in [5, 5.41) is 6.62. The van der Waals surface area contributed by atoms with E-state index in [1.165, 1.54) is 11.3 Å². The van der Waals surface area contributed by atoms with Crippen LogP contribution in [0, 0.1) is 6.92 Å². The van der Waals surface area contributed by atoms with E-state index in [4.69, 9.17) is 0 Å². The van der Waals surface area contributed by atoms with E-state index in [1.807, 2.05) is 6.92 Å². The van der Waals surface area contributed by atoms with E-state index in [1.54, 1.807) is 11.3 Å². The number of nitrogens with one attached hydrogen (secondary N) is 1. The molecule has 0 radical (unpaired) electrons. The molecule has 0 aliphatic carbocycles. The lowest BCUT2D eigenvalue weighted by molar-refractivity contribution is 1.07. The van der Waals surface area contributed by atoms with Gasteiger partial charge in [-0.2, -0.15) is 0 Å². The second kappa shape index (κ2) is 5.12. The Morgan fingerprint density at radius 1 is 1.38 bits per heavy atom. The third-order valence-electron chi connectivity index (χ3n) is 2.45. The lowest BCUT2D eigenvalue weighted by Gasteiger charge is -2.05. The van der Waals surface area contributed by atoms with Gasteiger partial charge in [0, 0.05) is 16.8 Å². The third-order valence-corrected chi connectivity index (χ3v) is 3.41. The van der Waals surface area contributed by atoms with Crippen molar-refractivity contribution in [2.45, 2.75) is 26.8 Å². The highest BCUT2D eigenvalue weighted by Gasteiger charge is 1.98. The number of anilines is 1. The number of rotatable bonds is 4. The average molecular weight is 232 g/mol. The van der Waals surface area contributed by atoms with Gasteiger partial charge in [0.25, 0.3) is 0 Å². The van der Waals surface area contributed by atoms with Gasteiger partial charge in [0.2, 0.25) is 0 Å². The number of hydrogen-bond acceptors (Lipinski definition) is 3.